The zero-order chi connectivity index (χ0) is 12.3. The van der Waals surface area contributed by atoms with E-state index in [1.165, 1.54) is 18.4 Å². The molecule has 1 aromatic heterocycles. The predicted molar refractivity (Wildman–Crippen MR) is 60.5 cm³/mol. The molecule has 7 heteroatoms. The highest BCUT2D eigenvalue weighted by atomic mass is 32.1. The van der Waals surface area contributed by atoms with Crippen LogP contribution < -0.4 is 11.1 Å². The molecule has 0 aliphatic rings. The number of rotatable bonds is 4. The molecule has 0 saturated heterocycles. The zero-order valence-electron chi connectivity index (χ0n) is 9.23. The van der Waals surface area contributed by atoms with E-state index in [4.69, 9.17) is 5.73 Å². The number of nitrogens with one attached hydrogen (secondary N) is 1. The summed E-state index contributed by atoms with van der Waals surface area (Å²) in [5.74, 6) is -0.971. The molecule has 6 nitrogen and oxygen atoms in total. The summed E-state index contributed by atoms with van der Waals surface area (Å²) >= 11 is 1.27. The number of carbonyl (C=O) groups is 2. The van der Waals surface area contributed by atoms with Gasteiger partial charge < -0.3 is 15.8 Å². The average molecular weight is 243 g/mol. The van der Waals surface area contributed by atoms with E-state index in [0.717, 1.165) is 4.88 Å². The Labute approximate surface area is 96.8 Å². The Morgan fingerprint density at radius 3 is 2.69 bits per heavy atom. The van der Waals surface area contributed by atoms with Gasteiger partial charge in [0.15, 0.2) is 10.8 Å². The Hall–Kier alpha value is -1.63. The highest BCUT2D eigenvalue weighted by Gasteiger charge is 2.17. The number of methoxy groups -OCH3 is 1. The maximum atomic E-state index is 11.3. The first kappa shape index (κ1) is 12.4. The van der Waals surface area contributed by atoms with Gasteiger partial charge in [-0.25, -0.2) is 9.78 Å². The fourth-order valence-corrected chi connectivity index (χ4v) is 1.89. The summed E-state index contributed by atoms with van der Waals surface area (Å²) in [5.41, 5.74) is 5.35. The van der Waals surface area contributed by atoms with Crippen molar-refractivity contribution in [2.24, 2.45) is 5.73 Å². The molecular formula is C9H13N3O3S. The number of carbonyl (C=O) groups excluding carboxylic acids is 2. The number of nitrogens with zero attached hydrogens (tertiary/aromatic N) is 1. The highest BCUT2D eigenvalue weighted by molar-refractivity contribution is 7.15. The van der Waals surface area contributed by atoms with Crippen molar-refractivity contribution in [2.75, 3.05) is 12.4 Å². The molecule has 0 aliphatic heterocycles. The second-order valence-electron chi connectivity index (χ2n) is 3.18. The Morgan fingerprint density at radius 1 is 1.56 bits per heavy atom. The monoisotopic (exact) mass is 243 g/mol. The second kappa shape index (κ2) is 4.93. The summed E-state index contributed by atoms with van der Waals surface area (Å²) in [6, 6.07) is -0.531. The van der Waals surface area contributed by atoms with Gasteiger partial charge >= 0.3 is 5.97 Å². The van der Waals surface area contributed by atoms with Gasteiger partial charge in [0.25, 0.3) is 0 Å². The van der Waals surface area contributed by atoms with Crippen molar-refractivity contribution < 1.29 is 14.3 Å². The van der Waals surface area contributed by atoms with Crippen LogP contribution in [0.5, 0.6) is 0 Å². The van der Waals surface area contributed by atoms with Crippen molar-refractivity contribution >= 4 is 28.3 Å². The smallest absolute Gasteiger partial charge is 0.357 e. The van der Waals surface area contributed by atoms with Crippen LogP contribution >= 0.6 is 11.3 Å². The van der Waals surface area contributed by atoms with Crippen LogP contribution in [0.15, 0.2) is 0 Å². The minimum Gasteiger partial charge on any atom is -0.464 e. The van der Waals surface area contributed by atoms with Gasteiger partial charge in [-0.1, -0.05) is 0 Å². The number of amides is 1. The molecule has 0 bridgehead atoms. The largest absolute Gasteiger partial charge is 0.464 e. The Morgan fingerprint density at radius 2 is 2.19 bits per heavy atom. The third kappa shape index (κ3) is 2.69. The van der Waals surface area contributed by atoms with Gasteiger partial charge in [0.05, 0.1) is 7.11 Å². The maximum Gasteiger partial charge on any atom is 0.357 e. The molecule has 0 fully saturated rings. The first-order valence-corrected chi connectivity index (χ1v) is 5.39. The lowest BCUT2D eigenvalue weighted by molar-refractivity contribution is -0.118. The molecule has 16 heavy (non-hydrogen) atoms. The molecule has 1 heterocycles. The quantitative estimate of drug-likeness (QED) is 0.752. The van der Waals surface area contributed by atoms with Gasteiger partial charge in [-0.05, 0) is 13.8 Å². The average Bonchev–Trinajstić information content (AvgIpc) is 2.58. The summed E-state index contributed by atoms with van der Waals surface area (Å²) in [7, 11) is 1.29. The molecule has 1 atom stereocenters. The van der Waals surface area contributed by atoms with Gasteiger partial charge in [0.2, 0.25) is 5.91 Å². The lowest BCUT2D eigenvalue weighted by Crippen LogP contribution is -2.32. The van der Waals surface area contributed by atoms with Crippen molar-refractivity contribution in [1.82, 2.24) is 4.98 Å². The number of ether oxygens (including phenoxy) is 1. The molecule has 3 N–H and O–H groups in total. The van der Waals surface area contributed by atoms with Gasteiger partial charge in [-0.2, -0.15) is 0 Å². The summed E-state index contributed by atoms with van der Waals surface area (Å²) < 4.78 is 4.57. The van der Waals surface area contributed by atoms with Gasteiger partial charge in [0, 0.05) is 4.88 Å². The Bertz CT molecular complexity index is 416. The zero-order valence-corrected chi connectivity index (χ0v) is 10.1. The molecule has 0 aromatic carbocycles. The van der Waals surface area contributed by atoms with E-state index >= 15 is 0 Å². The molecule has 0 saturated carbocycles. The molecule has 88 valence electrons. The van der Waals surface area contributed by atoms with Crippen molar-refractivity contribution in [3.05, 3.63) is 10.6 Å². The van der Waals surface area contributed by atoms with Crippen molar-refractivity contribution in [3.63, 3.8) is 0 Å². The van der Waals surface area contributed by atoms with Crippen LogP contribution in [-0.2, 0) is 9.53 Å². The van der Waals surface area contributed by atoms with Crippen molar-refractivity contribution in [1.29, 1.82) is 0 Å². The molecule has 0 aliphatic carbocycles. The molecule has 1 rings (SSSR count). The van der Waals surface area contributed by atoms with Crippen LogP contribution in [0, 0.1) is 6.92 Å². The number of aromatic nitrogens is 1. The van der Waals surface area contributed by atoms with E-state index in [1.807, 2.05) is 0 Å². The number of nitrogens with two attached hydrogens (primary N) is 1. The maximum absolute atomic E-state index is 11.3. The number of anilines is 1. The highest BCUT2D eigenvalue weighted by Crippen LogP contribution is 2.23. The number of hydrogen-bond acceptors (Lipinski definition) is 6. The number of aryl methyl sites for hydroxylation is 1. The van der Waals surface area contributed by atoms with Gasteiger partial charge in [0.1, 0.15) is 6.04 Å². The second-order valence-corrected chi connectivity index (χ2v) is 4.39. The summed E-state index contributed by atoms with van der Waals surface area (Å²) in [6.45, 7) is 3.38. The molecule has 1 amide bonds. The standard InChI is InChI=1S/C9H13N3O3S/c1-4(7(10)13)11-9-12-6(5(2)16-9)8(14)15-3/h4H,1-3H3,(H2,10,13)(H,11,12). The Balaban J connectivity index is 2.85. The SMILES string of the molecule is COC(=O)c1nc(NC(C)C(N)=O)sc1C. The van der Waals surface area contributed by atoms with E-state index in [2.05, 4.69) is 15.0 Å². The minimum atomic E-state index is -0.531. The first-order valence-electron chi connectivity index (χ1n) is 4.57. The van der Waals surface area contributed by atoms with Crippen LogP contribution in [0.2, 0.25) is 0 Å². The van der Waals surface area contributed by atoms with Gasteiger partial charge in [-0.15, -0.1) is 11.3 Å². The van der Waals surface area contributed by atoms with E-state index in [-0.39, 0.29) is 5.69 Å². The topological polar surface area (TPSA) is 94.3 Å². The van der Waals surface area contributed by atoms with E-state index in [0.29, 0.717) is 5.13 Å². The predicted octanol–water partition coefficient (Wildman–Crippen LogP) is 0.524. The van der Waals surface area contributed by atoms with Gasteiger partial charge in [-0.3, -0.25) is 4.79 Å². The summed E-state index contributed by atoms with van der Waals surface area (Å²) in [5, 5.41) is 3.28. The summed E-state index contributed by atoms with van der Waals surface area (Å²) in [6.07, 6.45) is 0. The number of thiazole rings is 1. The van der Waals surface area contributed by atoms with E-state index in [9.17, 15) is 9.59 Å². The number of primary amides is 1. The van der Waals surface area contributed by atoms with Crippen LogP contribution in [-0.4, -0.2) is 30.0 Å². The van der Waals surface area contributed by atoms with Crippen molar-refractivity contribution in [3.8, 4) is 0 Å². The van der Waals surface area contributed by atoms with E-state index in [1.54, 1.807) is 13.8 Å². The van der Waals surface area contributed by atoms with Crippen LogP contribution in [0.3, 0.4) is 0 Å². The molecular weight excluding hydrogens is 230 g/mol. The first-order chi connectivity index (χ1) is 7.45. The number of hydrogen-bond donors (Lipinski definition) is 2. The molecule has 0 spiro atoms. The van der Waals surface area contributed by atoms with E-state index < -0.39 is 17.9 Å². The fraction of sp³-hybridized carbons (Fsp3) is 0.444. The van der Waals surface area contributed by atoms with Crippen LogP contribution in [0.4, 0.5) is 5.13 Å². The molecule has 1 unspecified atom stereocenters. The molecule has 1 aromatic rings. The number of esters is 1. The van der Waals surface area contributed by atoms with Crippen LogP contribution in [0.1, 0.15) is 22.3 Å². The third-order valence-electron chi connectivity index (χ3n) is 1.94. The van der Waals surface area contributed by atoms with Crippen molar-refractivity contribution in [2.45, 2.75) is 19.9 Å². The fourth-order valence-electron chi connectivity index (χ4n) is 1.00. The van der Waals surface area contributed by atoms with Crippen LogP contribution in [0.25, 0.3) is 0 Å². The minimum absolute atomic E-state index is 0.256. The normalized spacial score (nSPS) is 11.9. The molecule has 0 radical (unpaired) electrons. The summed E-state index contributed by atoms with van der Waals surface area (Å²) in [4.78, 5) is 26.9. The lowest BCUT2D eigenvalue weighted by atomic mass is 10.3. The Kier molecular flexibility index (Phi) is 3.83. The lowest BCUT2D eigenvalue weighted by Gasteiger charge is -2.07. The third-order valence-corrected chi connectivity index (χ3v) is 2.84.